The van der Waals surface area contributed by atoms with Gasteiger partial charge in [-0.3, -0.25) is 9.59 Å². The maximum absolute atomic E-state index is 12.2. The molecule has 9 heteroatoms. The van der Waals surface area contributed by atoms with Gasteiger partial charge in [-0.2, -0.15) is 13.2 Å². The minimum absolute atomic E-state index is 0.0136. The van der Waals surface area contributed by atoms with Gasteiger partial charge in [0.25, 0.3) is 11.7 Å². The van der Waals surface area contributed by atoms with Crippen LogP contribution in [0.2, 0.25) is 0 Å². The number of nitrogens with one attached hydrogen (secondary N) is 2. The van der Waals surface area contributed by atoms with E-state index < -0.39 is 30.4 Å². The number of amides is 1. The fourth-order valence-electron chi connectivity index (χ4n) is 2.20. The number of halogens is 3. The van der Waals surface area contributed by atoms with Gasteiger partial charge in [0.15, 0.2) is 6.61 Å². The molecular weight excluding hydrogens is 389 g/mol. The highest BCUT2D eigenvalue weighted by atomic mass is 19.4. The molecule has 29 heavy (non-hydrogen) atoms. The van der Waals surface area contributed by atoms with Crippen LogP contribution in [-0.2, 0) is 14.3 Å². The number of para-hydroxylation sites is 2. The van der Waals surface area contributed by atoms with Crippen LogP contribution in [-0.4, -0.2) is 30.4 Å². The standard InChI is InChI=1S/C20H17F3N2O4/c1-13-6-2-4-8-15(13)25-18(27)12-29-19(28)14-7-3-5-9-16(14)24-11-10-17(26)20(21,22)23/h2-11,24H,12H2,1H3,(H,25,27)/b11-10+. The van der Waals surface area contributed by atoms with Crippen molar-refractivity contribution in [3.05, 3.63) is 71.9 Å². The van der Waals surface area contributed by atoms with Crippen LogP contribution in [0.3, 0.4) is 0 Å². The van der Waals surface area contributed by atoms with Crippen molar-refractivity contribution in [2.45, 2.75) is 13.1 Å². The van der Waals surface area contributed by atoms with E-state index >= 15 is 0 Å². The fourth-order valence-corrected chi connectivity index (χ4v) is 2.20. The summed E-state index contributed by atoms with van der Waals surface area (Å²) in [5, 5.41) is 5.03. The number of ketones is 1. The number of rotatable bonds is 7. The number of carbonyl (C=O) groups excluding carboxylic acids is 3. The SMILES string of the molecule is Cc1ccccc1NC(=O)COC(=O)c1ccccc1N/C=C/C(=O)C(F)(F)F. The van der Waals surface area contributed by atoms with Gasteiger partial charge in [-0.1, -0.05) is 30.3 Å². The number of hydrogen-bond acceptors (Lipinski definition) is 5. The molecule has 0 atom stereocenters. The highest BCUT2D eigenvalue weighted by molar-refractivity contribution is 5.99. The Kier molecular flexibility index (Phi) is 7.13. The summed E-state index contributed by atoms with van der Waals surface area (Å²) < 4.78 is 41.6. The summed E-state index contributed by atoms with van der Waals surface area (Å²) in [7, 11) is 0. The summed E-state index contributed by atoms with van der Waals surface area (Å²) in [4.78, 5) is 35.0. The van der Waals surface area contributed by atoms with Gasteiger partial charge in [-0.15, -0.1) is 0 Å². The zero-order chi connectivity index (χ0) is 21.4. The fraction of sp³-hybridized carbons (Fsp3) is 0.150. The van der Waals surface area contributed by atoms with E-state index in [2.05, 4.69) is 10.6 Å². The predicted octanol–water partition coefficient (Wildman–Crippen LogP) is 3.85. The molecule has 2 aromatic rings. The third-order valence-corrected chi connectivity index (χ3v) is 3.65. The first-order chi connectivity index (χ1) is 13.7. The van der Waals surface area contributed by atoms with Crippen molar-refractivity contribution in [1.82, 2.24) is 0 Å². The normalized spacial score (nSPS) is 11.2. The second-order valence-electron chi connectivity index (χ2n) is 5.82. The van der Waals surface area contributed by atoms with Gasteiger partial charge in [-0.05, 0) is 30.7 Å². The van der Waals surface area contributed by atoms with Crippen LogP contribution >= 0.6 is 0 Å². The lowest BCUT2D eigenvalue weighted by molar-refractivity contribution is -0.165. The number of anilines is 2. The van der Waals surface area contributed by atoms with Gasteiger partial charge in [-0.25, -0.2) is 4.79 Å². The van der Waals surface area contributed by atoms with Crippen LogP contribution in [0, 0.1) is 6.92 Å². The lowest BCUT2D eigenvalue weighted by Crippen LogP contribution is -2.21. The quantitative estimate of drug-likeness (QED) is 0.539. The van der Waals surface area contributed by atoms with E-state index in [1.165, 1.54) is 24.3 Å². The number of alkyl halides is 3. The molecule has 2 aromatic carbocycles. The van der Waals surface area contributed by atoms with Crippen LogP contribution in [0.1, 0.15) is 15.9 Å². The average molecular weight is 406 g/mol. The first-order valence-corrected chi connectivity index (χ1v) is 8.34. The minimum atomic E-state index is -4.99. The van der Waals surface area contributed by atoms with Crippen molar-refractivity contribution < 1.29 is 32.3 Å². The Morgan fingerprint density at radius 3 is 2.28 bits per heavy atom. The number of allylic oxidation sites excluding steroid dienone is 1. The molecule has 0 aromatic heterocycles. The van der Waals surface area contributed by atoms with E-state index in [1.807, 2.05) is 6.07 Å². The Hall–Kier alpha value is -3.62. The second kappa shape index (κ2) is 9.54. The smallest absolute Gasteiger partial charge is 0.452 e. The minimum Gasteiger partial charge on any atom is -0.452 e. The van der Waals surface area contributed by atoms with Crippen molar-refractivity contribution >= 4 is 29.0 Å². The summed E-state index contributed by atoms with van der Waals surface area (Å²) in [5.74, 6) is -3.45. The van der Waals surface area contributed by atoms with Crippen molar-refractivity contribution in [1.29, 1.82) is 0 Å². The van der Waals surface area contributed by atoms with Gasteiger partial charge in [0.2, 0.25) is 0 Å². The molecule has 0 radical (unpaired) electrons. The summed E-state index contributed by atoms with van der Waals surface area (Å²) >= 11 is 0. The molecule has 0 aliphatic rings. The molecule has 0 unspecified atom stereocenters. The van der Waals surface area contributed by atoms with Crippen LogP contribution in [0.4, 0.5) is 24.5 Å². The molecule has 0 aliphatic heterocycles. The Morgan fingerprint density at radius 1 is 1.00 bits per heavy atom. The largest absolute Gasteiger partial charge is 0.454 e. The van der Waals surface area contributed by atoms with E-state index in [9.17, 15) is 27.6 Å². The van der Waals surface area contributed by atoms with Crippen LogP contribution in [0.25, 0.3) is 0 Å². The summed E-state index contributed by atoms with van der Waals surface area (Å²) in [6, 6.07) is 12.9. The molecule has 2 rings (SSSR count). The van der Waals surface area contributed by atoms with Crippen LogP contribution in [0.5, 0.6) is 0 Å². The Balaban J connectivity index is 1.97. The molecule has 0 saturated carbocycles. The molecule has 0 spiro atoms. The van der Waals surface area contributed by atoms with Gasteiger partial charge < -0.3 is 15.4 Å². The number of carbonyl (C=O) groups is 3. The van der Waals surface area contributed by atoms with Gasteiger partial charge >= 0.3 is 12.1 Å². The number of hydrogen-bond donors (Lipinski definition) is 2. The number of benzene rings is 2. The molecule has 0 heterocycles. The van der Waals surface area contributed by atoms with Crippen LogP contribution < -0.4 is 10.6 Å². The molecule has 152 valence electrons. The number of aryl methyl sites for hydroxylation is 1. The summed E-state index contributed by atoms with van der Waals surface area (Å²) in [6.45, 7) is 1.25. The zero-order valence-corrected chi connectivity index (χ0v) is 15.2. The topological polar surface area (TPSA) is 84.5 Å². The average Bonchev–Trinajstić information content (AvgIpc) is 2.67. The van der Waals surface area contributed by atoms with Crippen molar-refractivity contribution in [2.24, 2.45) is 0 Å². The predicted molar refractivity (Wildman–Crippen MR) is 100 cm³/mol. The molecule has 2 N–H and O–H groups in total. The summed E-state index contributed by atoms with van der Waals surface area (Å²) in [6.07, 6.45) is -3.91. The molecular formula is C20H17F3N2O4. The van der Waals surface area contributed by atoms with E-state index in [0.29, 0.717) is 11.8 Å². The highest BCUT2D eigenvalue weighted by Crippen LogP contribution is 2.19. The molecule has 0 aliphatic carbocycles. The molecule has 0 fully saturated rings. The Labute approximate surface area is 164 Å². The Morgan fingerprint density at radius 2 is 1.62 bits per heavy atom. The monoisotopic (exact) mass is 406 g/mol. The molecule has 1 amide bonds. The molecule has 6 nitrogen and oxygen atoms in total. The Bertz CT molecular complexity index is 939. The second-order valence-corrected chi connectivity index (χ2v) is 5.82. The maximum Gasteiger partial charge on any atom is 0.454 e. The van der Waals surface area contributed by atoms with Gasteiger partial charge in [0.1, 0.15) is 0 Å². The zero-order valence-electron chi connectivity index (χ0n) is 15.2. The first-order valence-electron chi connectivity index (χ1n) is 8.34. The molecule has 0 saturated heterocycles. The maximum atomic E-state index is 12.2. The van der Waals surface area contributed by atoms with E-state index in [4.69, 9.17) is 4.74 Å². The highest BCUT2D eigenvalue weighted by Gasteiger charge is 2.36. The third kappa shape index (κ3) is 6.49. The van der Waals surface area contributed by atoms with Gasteiger partial charge in [0.05, 0.1) is 11.3 Å². The van der Waals surface area contributed by atoms with Gasteiger partial charge in [0, 0.05) is 18.0 Å². The third-order valence-electron chi connectivity index (χ3n) is 3.65. The van der Waals surface area contributed by atoms with Crippen molar-refractivity contribution in [3.63, 3.8) is 0 Å². The van der Waals surface area contributed by atoms with Crippen molar-refractivity contribution in [2.75, 3.05) is 17.2 Å². The molecule has 0 bridgehead atoms. The van der Waals surface area contributed by atoms with E-state index in [-0.39, 0.29) is 11.3 Å². The first kappa shape index (κ1) is 21.7. The lowest BCUT2D eigenvalue weighted by atomic mass is 10.2. The van der Waals surface area contributed by atoms with Crippen molar-refractivity contribution in [3.8, 4) is 0 Å². The number of ether oxygens (including phenoxy) is 1. The van der Waals surface area contributed by atoms with Crippen LogP contribution in [0.15, 0.2) is 60.8 Å². The lowest BCUT2D eigenvalue weighted by Gasteiger charge is -2.11. The summed E-state index contributed by atoms with van der Waals surface area (Å²) in [5.41, 5.74) is 1.51. The van der Waals surface area contributed by atoms with E-state index in [0.717, 1.165) is 11.8 Å². The van der Waals surface area contributed by atoms with E-state index in [1.54, 1.807) is 25.1 Å². The number of esters is 1.